The van der Waals surface area contributed by atoms with Crippen molar-refractivity contribution in [1.29, 1.82) is 0 Å². The van der Waals surface area contributed by atoms with Crippen molar-refractivity contribution in [3.8, 4) is 0 Å². The maximum atomic E-state index is 12.5. The predicted molar refractivity (Wildman–Crippen MR) is 94.8 cm³/mol. The summed E-state index contributed by atoms with van der Waals surface area (Å²) in [6.45, 7) is 1.99. The van der Waals surface area contributed by atoms with E-state index in [1.807, 2.05) is 61.5 Å². The van der Waals surface area contributed by atoms with Gasteiger partial charge in [0.05, 0.1) is 0 Å². The first-order valence-electron chi connectivity index (χ1n) is 7.24. The molecule has 118 valence electrons. The molecule has 0 aliphatic rings. The van der Waals surface area contributed by atoms with Gasteiger partial charge in [-0.25, -0.2) is 0 Å². The molecule has 23 heavy (non-hydrogen) atoms. The Labute approximate surface area is 147 Å². The quantitative estimate of drug-likeness (QED) is 0.421. The topological polar surface area (TPSA) is 37.4 Å². The molecule has 4 heteroatoms. The molecule has 0 fully saturated rings. The summed E-state index contributed by atoms with van der Waals surface area (Å²) in [6.07, 6.45) is 1.63. The maximum absolute atomic E-state index is 12.5. The van der Waals surface area contributed by atoms with Crippen molar-refractivity contribution in [2.75, 3.05) is 14.1 Å². The number of aryl methyl sites for hydroxylation is 1. The van der Waals surface area contributed by atoms with Gasteiger partial charge in [0, 0.05) is 0 Å². The molecule has 0 atom stereocenters. The minimum atomic E-state index is -1.13. The van der Waals surface area contributed by atoms with E-state index in [9.17, 15) is 9.59 Å². The zero-order chi connectivity index (χ0) is 16.8. The summed E-state index contributed by atoms with van der Waals surface area (Å²) in [5.74, 6) is -0.0551. The Bertz CT molecular complexity index is 719. The van der Waals surface area contributed by atoms with E-state index in [1.165, 1.54) is 0 Å². The third kappa shape index (κ3) is 5.06. The monoisotopic (exact) mass is 423 g/mol. The van der Waals surface area contributed by atoms with Crippen molar-refractivity contribution >= 4 is 34.3 Å². The van der Waals surface area contributed by atoms with Gasteiger partial charge in [0.15, 0.2) is 0 Å². The van der Waals surface area contributed by atoms with Crippen LogP contribution in [0.4, 0.5) is 4.79 Å². The van der Waals surface area contributed by atoms with Crippen molar-refractivity contribution in [1.82, 2.24) is 4.90 Å². The van der Waals surface area contributed by atoms with Crippen LogP contribution in [0.25, 0.3) is 3.62 Å². The number of rotatable bonds is 5. The summed E-state index contributed by atoms with van der Waals surface area (Å²) >= 11 is -1.13. The standard InChI is InChI=1S/C19H19NO2Te/c1-14-9-11-15(12-10-14)17(21)13-18(23-19(22)20(2)3)16-7-5-4-6-8-16/h4-13H,1-3H3/b18-13-. The summed E-state index contributed by atoms with van der Waals surface area (Å²) in [7, 11) is 3.50. The molecule has 0 unspecified atom stereocenters. The Morgan fingerprint density at radius 2 is 1.52 bits per heavy atom. The number of carbonyl (C=O) groups is 2. The summed E-state index contributed by atoms with van der Waals surface area (Å²) in [5, 5.41) is 0. The van der Waals surface area contributed by atoms with E-state index in [4.69, 9.17) is 0 Å². The molecule has 3 nitrogen and oxygen atoms in total. The van der Waals surface area contributed by atoms with Gasteiger partial charge < -0.3 is 0 Å². The number of allylic oxidation sites excluding steroid dienone is 1. The molecule has 0 radical (unpaired) electrons. The van der Waals surface area contributed by atoms with Crippen molar-refractivity contribution in [2.45, 2.75) is 6.92 Å². The summed E-state index contributed by atoms with van der Waals surface area (Å²) < 4.78 is 0.961. The molecule has 0 bridgehead atoms. The molecule has 2 rings (SSSR count). The molecule has 0 saturated heterocycles. The van der Waals surface area contributed by atoms with E-state index >= 15 is 0 Å². The van der Waals surface area contributed by atoms with Gasteiger partial charge in [0.25, 0.3) is 0 Å². The number of carbonyl (C=O) groups excluding carboxylic acids is 2. The summed E-state index contributed by atoms with van der Waals surface area (Å²) in [4.78, 5) is 26.2. The van der Waals surface area contributed by atoms with Crippen molar-refractivity contribution < 1.29 is 9.59 Å². The van der Waals surface area contributed by atoms with E-state index < -0.39 is 20.9 Å². The first-order chi connectivity index (χ1) is 11.0. The van der Waals surface area contributed by atoms with Crippen molar-refractivity contribution in [3.05, 3.63) is 77.4 Å². The fourth-order valence-electron chi connectivity index (χ4n) is 1.88. The minimum absolute atomic E-state index is 0.0551. The summed E-state index contributed by atoms with van der Waals surface area (Å²) in [5.41, 5.74) is 2.71. The van der Waals surface area contributed by atoms with Crippen LogP contribution in [0.1, 0.15) is 21.5 Å². The molecule has 2 aromatic rings. The van der Waals surface area contributed by atoms with E-state index in [-0.39, 0.29) is 9.74 Å². The van der Waals surface area contributed by atoms with Crippen LogP contribution in [0.15, 0.2) is 60.7 Å². The van der Waals surface area contributed by atoms with Crippen LogP contribution < -0.4 is 0 Å². The van der Waals surface area contributed by atoms with Gasteiger partial charge >= 0.3 is 147 Å². The molecular formula is C19H19NO2Te. The van der Waals surface area contributed by atoms with Gasteiger partial charge in [0.2, 0.25) is 0 Å². The van der Waals surface area contributed by atoms with Gasteiger partial charge in [0.1, 0.15) is 0 Å². The third-order valence-corrected chi connectivity index (χ3v) is 6.40. The predicted octanol–water partition coefficient (Wildman–Crippen LogP) is 3.60. The SMILES string of the molecule is Cc1ccc(C(=O)/C=C(\[Te]C(=O)N(C)C)c2ccccc2)cc1. The molecular weight excluding hydrogens is 402 g/mol. The number of ketones is 1. The van der Waals surface area contributed by atoms with Crippen LogP contribution in [0.3, 0.4) is 0 Å². The van der Waals surface area contributed by atoms with E-state index in [0.29, 0.717) is 5.56 Å². The zero-order valence-electron chi connectivity index (χ0n) is 13.4. The number of hydrogen-bond donors (Lipinski definition) is 0. The molecule has 0 N–H and O–H groups in total. The van der Waals surface area contributed by atoms with E-state index in [2.05, 4.69) is 0 Å². The van der Waals surface area contributed by atoms with Crippen LogP contribution >= 0.6 is 0 Å². The number of amides is 1. The summed E-state index contributed by atoms with van der Waals surface area (Å²) in [6, 6.07) is 17.2. The second-order valence-corrected chi connectivity index (χ2v) is 8.20. The van der Waals surface area contributed by atoms with Gasteiger partial charge in [-0.15, -0.1) is 0 Å². The molecule has 0 aliphatic carbocycles. The first-order valence-corrected chi connectivity index (χ1v) is 9.57. The molecule has 0 saturated carbocycles. The molecule has 0 aliphatic heterocycles. The second-order valence-electron chi connectivity index (χ2n) is 5.37. The molecule has 1 amide bonds. The van der Waals surface area contributed by atoms with Crippen LogP contribution in [0.2, 0.25) is 0 Å². The Morgan fingerprint density at radius 1 is 0.913 bits per heavy atom. The fourth-order valence-corrected chi connectivity index (χ4v) is 4.14. The average Bonchev–Trinajstić information content (AvgIpc) is 2.55. The normalized spacial score (nSPS) is 11.2. The molecule has 2 aromatic carbocycles. The number of hydrogen-bond acceptors (Lipinski definition) is 2. The van der Waals surface area contributed by atoms with Gasteiger partial charge in [-0.2, -0.15) is 0 Å². The van der Waals surface area contributed by atoms with Gasteiger partial charge in [-0.1, -0.05) is 0 Å². The molecule has 0 aromatic heterocycles. The first kappa shape index (κ1) is 17.5. The third-order valence-electron chi connectivity index (χ3n) is 3.22. The Morgan fingerprint density at radius 3 is 2.09 bits per heavy atom. The van der Waals surface area contributed by atoms with Gasteiger partial charge in [-0.3, -0.25) is 0 Å². The Balaban J connectivity index is 2.34. The van der Waals surface area contributed by atoms with Crippen LogP contribution in [0, 0.1) is 6.92 Å². The van der Waals surface area contributed by atoms with Crippen molar-refractivity contribution in [3.63, 3.8) is 0 Å². The molecule has 0 spiro atoms. The van der Waals surface area contributed by atoms with E-state index in [1.54, 1.807) is 25.1 Å². The fraction of sp³-hybridized carbons (Fsp3) is 0.158. The van der Waals surface area contributed by atoms with Crippen LogP contribution in [0.5, 0.6) is 0 Å². The Kier molecular flexibility index (Phi) is 6.15. The van der Waals surface area contributed by atoms with Gasteiger partial charge in [-0.05, 0) is 0 Å². The van der Waals surface area contributed by atoms with Crippen LogP contribution in [-0.4, -0.2) is 49.7 Å². The van der Waals surface area contributed by atoms with Crippen LogP contribution in [-0.2, 0) is 0 Å². The van der Waals surface area contributed by atoms with E-state index in [0.717, 1.165) is 14.7 Å². The van der Waals surface area contributed by atoms with Crippen molar-refractivity contribution in [2.24, 2.45) is 0 Å². The number of nitrogens with zero attached hydrogens (tertiary/aromatic N) is 1. The zero-order valence-corrected chi connectivity index (χ0v) is 15.8. The molecule has 0 heterocycles. The number of benzene rings is 2. The average molecular weight is 421 g/mol. The Hall–Kier alpha value is -1.89. The second kappa shape index (κ2) is 8.10.